The van der Waals surface area contributed by atoms with E-state index < -0.39 is 22.6 Å². The zero-order valence-electron chi connectivity index (χ0n) is 18.3. The molecule has 0 aromatic heterocycles. The van der Waals surface area contributed by atoms with E-state index in [1.54, 1.807) is 26.0 Å². The van der Waals surface area contributed by atoms with Crippen LogP contribution in [0.5, 0.6) is 0 Å². The quantitative estimate of drug-likeness (QED) is 0.488. The molecule has 2 aromatic rings. The monoisotopic (exact) mass is 431 g/mol. The minimum absolute atomic E-state index is 0.00255. The number of benzene rings is 2. The average molecular weight is 432 g/mol. The van der Waals surface area contributed by atoms with Gasteiger partial charge in [-0.2, -0.15) is 4.31 Å². The van der Waals surface area contributed by atoms with Crippen LogP contribution in [0.3, 0.4) is 0 Å². The molecule has 0 unspecified atom stereocenters. The number of rotatable bonds is 7. The van der Waals surface area contributed by atoms with Gasteiger partial charge in [0.2, 0.25) is 10.0 Å². The van der Waals surface area contributed by atoms with Gasteiger partial charge >= 0.3 is 5.97 Å². The fourth-order valence-corrected chi connectivity index (χ4v) is 4.10. The molecule has 0 aliphatic heterocycles. The van der Waals surface area contributed by atoms with Crippen molar-refractivity contribution in [1.82, 2.24) is 4.31 Å². The molecule has 0 amide bonds. The molecule has 0 aliphatic rings. The second kappa shape index (κ2) is 9.10. The third-order valence-electron chi connectivity index (χ3n) is 4.88. The summed E-state index contributed by atoms with van der Waals surface area (Å²) < 4.78 is 31.6. The summed E-state index contributed by atoms with van der Waals surface area (Å²) in [6.07, 6.45) is 0. The Labute approximate surface area is 178 Å². The molecule has 0 saturated carbocycles. The third-order valence-corrected chi connectivity index (χ3v) is 6.91. The molecule has 0 spiro atoms. The standard InChI is InChI=1S/C23H29NO5S/c1-16(2)24(6)30(27,28)20-9-7-8-18(14-20)22(26)29-15-21(25)17-10-12-19(13-11-17)23(3,4)5/h7-14,16H,15H2,1-6H3. The van der Waals surface area contributed by atoms with Crippen LogP contribution in [0.15, 0.2) is 53.4 Å². The lowest BCUT2D eigenvalue weighted by Gasteiger charge is -2.21. The van der Waals surface area contributed by atoms with Gasteiger partial charge in [0.15, 0.2) is 12.4 Å². The first kappa shape index (κ1) is 23.8. The van der Waals surface area contributed by atoms with Crippen molar-refractivity contribution in [1.29, 1.82) is 0 Å². The van der Waals surface area contributed by atoms with Crippen LogP contribution in [-0.4, -0.2) is 44.2 Å². The molecule has 0 N–H and O–H groups in total. The van der Waals surface area contributed by atoms with E-state index in [9.17, 15) is 18.0 Å². The second-order valence-corrected chi connectivity index (χ2v) is 10.5. The molecule has 0 radical (unpaired) electrons. The molecule has 0 aliphatic carbocycles. The van der Waals surface area contributed by atoms with Crippen LogP contribution in [0.4, 0.5) is 0 Å². The highest BCUT2D eigenvalue weighted by Gasteiger charge is 2.24. The van der Waals surface area contributed by atoms with E-state index in [-0.39, 0.29) is 27.7 Å². The van der Waals surface area contributed by atoms with Crippen molar-refractivity contribution >= 4 is 21.8 Å². The van der Waals surface area contributed by atoms with Gasteiger partial charge in [0.05, 0.1) is 10.5 Å². The van der Waals surface area contributed by atoms with E-state index in [0.717, 1.165) is 5.56 Å². The highest BCUT2D eigenvalue weighted by molar-refractivity contribution is 7.89. The minimum atomic E-state index is -3.73. The predicted octanol–water partition coefficient (Wildman–Crippen LogP) is 4.05. The lowest BCUT2D eigenvalue weighted by atomic mass is 9.86. The Kier molecular flexibility index (Phi) is 7.21. The van der Waals surface area contributed by atoms with Gasteiger partial charge < -0.3 is 4.74 Å². The highest BCUT2D eigenvalue weighted by Crippen LogP contribution is 2.22. The SMILES string of the molecule is CC(C)N(C)S(=O)(=O)c1cccc(C(=O)OCC(=O)c2ccc(C(C)(C)C)cc2)c1. The summed E-state index contributed by atoms with van der Waals surface area (Å²) in [7, 11) is -2.25. The number of Topliss-reactive ketones (excluding diaryl/α,β-unsaturated/α-hetero) is 1. The number of carbonyl (C=O) groups excluding carboxylic acids is 2. The maximum Gasteiger partial charge on any atom is 0.338 e. The Morgan fingerprint density at radius 3 is 2.13 bits per heavy atom. The van der Waals surface area contributed by atoms with Crippen LogP contribution in [0.25, 0.3) is 0 Å². The maximum atomic E-state index is 12.6. The number of ether oxygens (including phenoxy) is 1. The van der Waals surface area contributed by atoms with Gasteiger partial charge in [-0.3, -0.25) is 4.79 Å². The van der Waals surface area contributed by atoms with Gasteiger partial charge in [-0.05, 0) is 43.0 Å². The summed E-state index contributed by atoms with van der Waals surface area (Å²) in [6.45, 7) is 9.34. The molecule has 0 atom stereocenters. The van der Waals surface area contributed by atoms with Crippen LogP contribution in [0, 0.1) is 0 Å². The van der Waals surface area contributed by atoms with Crippen molar-refractivity contribution in [2.24, 2.45) is 0 Å². The maximum absolute atomic E-state index is 12.6. The van der Waals surface area contributed by atoms with Gasteiger partial charge in [-0.1, -0.05) is 51.1 Å². The average Bonchev–Trinajstić information content (AvgIpc) is 2.70. The van der Waals surface area contributed by atoms with Gasteiger partial charge in [0.1, 0.15) is 0 Å². The Morgan fingerprint density at radius 2 is 1.60 bits per heavy atom. The first-order valence-corrected chi connectivity index (χ1v) is 11.2. The van der Waals surface area contributed by atoms with Gasteiger partial charge in [-0.25, -0.2) is 13.2 Å². The normalized spacial score (nSPS) is 12.3. The third kappa shape index (κ3) is 5.55. The number of carbonyl (C=O) groups is 2. The van der Waals surface area contributed by atoms with E-state index >= 15 is 0 Å². The first-order valence-electron chi connectivity index (χ1n) is 9.73. The molecular formula is C23H29NO5S. The van der Waals surface area contributed by atoms with Crippen molar-refractivity contribution < 1.29 is 22.7 Å². The number of sulfonamides is 1. The Morgan fingerprint density at radius 1 is 1.00 bits per heavy atom. The molecule has 6 nitrogen and oxygen atoms in total. The molecule has 0 fully saturated rings. The lowest BCUT2D eigenvalue weighted by Crippen LogP contribution is -2.33. The summed E-state index contributed by atoms with van der Waals surface area (Å²) in [4.78, 5) is 24.7. The molecule has 7 heteroatoms. The minimum Gasteiger partial charge on any atom is -0.454 e. The fraction of sp³-hybridized carbons (Fsp3) is 0.391. The molecule has 0 bridgehead atoms. The van der Waals surface area contributed by atoms with Crippen LogP contribution in [-0.2, 0) is 20.2 Å². The zero-order chi connectivity index (χ0) is 22.7. The Balaban J connectivity index is 2.09. The summed E-state index contributed by atoms with van der Waals surface area (Å²) in [5.41, 5.74) is 1.60. The lowest BCUT2D eigenvalue weighted by molar-refractivity contribution is 0.0474. The van der Waals surface area contributed by atoms with E-state index in [4.69, 9.17) is 4.74 Å². The number of hydrogen-bond donors (Lipinski definition) is 0. The van der Waals surface area contributed by atoms with Crippen LogP contribution in [0.2, 0.25) is 0 Å². The van der Waals surface area contributed by atoms with E-state index in [1.165, 1.54) is 35.6 Å². The van der Waals surface area contributed by atoms with Crippen molar-refractivity contribution in [2.45, 2.75) is 51.0 Å². The largest absolute Gasteiger partial charge is 0.454 e. The molecule has 0 heterocycles. The fourth-order valence-electron chi connectivity index (χ4n) is 2.68. The molecule has 2 rings (SSSR count). The van der Waals surface area contributed by atoms with Crippen LogP contribution >= 0.6 is 0 Å². The number of esters is 1. The first-order chi connectivity index (χ1) is 13.8. The number of ketones is 1. The summed E-state index contributed by atoms with van der Waals surface area (Å²) in [6, 6.07) is 12.6. The van der Waals surface area contributed by atoms with Crippen molar-refractivity contribution in [2.75, 3.05) is 13.7 Å². The van der Waals surface area contributed by atoms with Gasteiger partial charge in [0.25, 0.3) is 0 Å². The van der Waals surface area contributed by atoms with E-state index in [2.05, 4.69) is 20.8 Å². The highest BCUT2D eigenvalue weighted by atomic mass is 32.2. The number of hydrogen-bond acceptors (Lipinski definition) is 5. The number of nitrogens with zero attached hydrogens (tertiary/aromatic N) is 1. The van der Waals surface area contributed by atoms with Crippen molar-refractivity contribution in [3.63, 3.8) is 0 Å². The van der Waals surface area contributed by atoms with Crippen molar-refractivity contribution in [3.05, 3.63) is 65.2 Å². The Bertz CT molecular complexity index is 1020. The summed E-state index contributed by atoms with van der Waals surface area (Å²) in [5.74, 6) is -1.08. The van der Waals surface area contributed by atoms with Gasteiger partial charge in [-0.15, -0.1) is 0 Å². The van der Waals surface area contributed by atoms with Crippen LogP contribution in [0.1, 0.15) is 60.9 Å². The molecular weight excluding hydrogens is 402 g/mol. The van der Waals surface area contributed by atoms with E-state index in [0.29, 0.717) is 5.56 Å². The van der Waals surface area contributed by atoms with Crippen LogP contribution < -0.4 is 0 Å². The molecule has 30 heavy (non-hydrogen) atoms. The second-order valence-electron chi connectivity index (χ2n) is 8.47. The Hall–Kier alpha value is -2.51. The molecule has 162 valence electrons. The smallest absolute Gasteiger partial charge is 0.338 e. The molecule has 2 aromatic carbocycles. The molecule has 0 saturated heterocycles. The van der Waals surface area contributed by atoms with E-state index in [1.807, 2.05) is 12.1 Å². The van der Waals surface area contributed by atoms with Crippen molar-refractivity contribution in [3.8, 4) is 0 Å². The zero-order valence-corrected chi connectivity index (χ0v) is 19.1. The summed E-state index contributed by atoms with van der Waals surface area (Å²) >= 11 is 0. The topological polar surface area (TPSA) is 80.8 Å². The summed E-state index contributed by atoms with van der Waals surface area (Å²) in [5, 5.41) is 0. The van der Waals surface area contributed by atoms with Gasteiger partial charge in [0, 0.05) is 18.7 Å². The predicted molar refractivity (Wildman–Crippen MR) is 116 cm³/mol.